The molecule has 1 aliphatic rings. The number of nitrogens with two attached hydrogens (primary N) is 1. The van der Waals surface area contributed by atoms with E-state index in [9.17, 15) is 4.39 Å². The van der Waals surface area contributed by atoms with E-state index in [4.69, 9.17) is 10.8 Å². The lowest BCUT2D eigenvalue weighted by Crippen LogP contribution is -2.24. The van der Waals surface area contributed by atoms with Crippen LogP contribution in [0.2, 0.25) is 0 Å². The van der Waals surface area contributed by atoms with Crippen LogP contribution in [0.1, 0.15) is 24.9 Å². The highest BCUT2D eigenvalue weighted by atomic mass is 19.1. The lowest BCUT2D eigenvalue weighted by molar-refractivity contribution is 0.238. The summed E-state index contributed by atoms with van der Waals surface area (Å²) >= 11 is 0. The maximum atomic E-state index is 13.8. The molecule has 1 fully saturated rings. The van der Waals surface area contributed by atoms with Gasteiger partial charge in [-0.15, -0.1) is 0 Å². The second kappa shape index (κ2) is 5.02. The molecule has 0 radical (unpaired) electrons. The molecule has 0 bridgehead atoms. The average Bonchev–Trinajstić information content (AvgIpc) is 2.76. The van der Waals surface area contributed by atoms with Crippen LogP contribution in [0.15, 0.2) is 18.2 Å². The molecule has 4 heteroatoms. The molecule has 1 aromatic rings. The minimum atomic E-state index is -0.320. The van der Waals surface area contributed by atoms with Gasteiger partial charge in [0.2, 0.25) is 0 Å². The summed E-state index contributed by atoms with van der Waals surface area (Å²) < 4.78 is 13.8. The van der Waals surface area contributed by atoms with E-state index in [0.29, 0.717) is 11.5 Å². The van der Waals surface area contributed by atoms with Crippen molar-refractivity contribution in [2.45, 2.75) is 19.4 Å². The number of benzene rings is 1. The SMILES string of the molecule is C[C@H](N)c1c(F)cccc1N1CCC(CO)C1. The predicted octanol–water partition coefficient (Wildman–Crippen LogP) is 1.66. The molecular formula is C13H19FN2O. The minimum Gasteiger partial charge on any atom is -0.396 e. The van der Waals surface area contributed by atoms with E-state index in [1.54, 1.807) is 13.0 Å². The Kier molecular flexibility index (Phi) is 3.64. The second-order valence-corrected chi connectivity index (χ2v) is 4.74. The maximum Gasteiger partial charge on any atom is 0.130 e. The molecule has 17 heavy (non-hydrogen) atoms. The molecule has 2 atom stereocenters. The zero-order valence-corrected chi connectivity index (χ0v) is 10.1. The highest BCUT2D eigenvalue weighted by molar-refractivity contribution is 5.56. The number of hydrogen-bond donors (Lipinski definition) is 2. The number of halogens is 1. The first-order valence-electron chi connectivity index (χ1n) is 6.03. The number of aliphatic hydroxyl groups is 1. The predicted molar refractivity (Wildman–Crippen MR) is 66.4 cm³/mol. The molecule has 0 aliphatic carbocycles. The molecule has 1 aliphatic heterocycles. The van der Waals surface area contributed by atoms with Crippen LogP contribution in [0.3, 0.4) is 0 Å². The average molecular weight is 238 g/mol. The van der Waals surface area contributed by atoms with E-state index in [0.717, 1.165) is 25.2 Å². The van der Waals surface area contributed by atoms with Gasteiger partial charge < -0.3 is 15.7 Å². The Morgan fingerprint density at radius 2 is 2.35 bits per heavy atom. The third kappa shape index (κ3) is 2.42. The molecule has 0 spiro atoms. The fourth-order valence-electron chi connectivity index (χ4n) is 2.45. The summed E-state index contributed by atoms with van der Waals surface area (Å²) in [6.45, 7) is 3.62. The summed E-state index contributed by atoms with van der Waals surface area (Å²) in [4.78, 5) is 2.11. The normalized spacial score (nSPS) is 21.9. The summed E-state index contributed by atoms with van der Waals surface area (Å²) in [5.41, 5.74) is 7.28. The zero-order chi connectivity index (χ0) is 12.4. The van der Waals surface area contributed by atoms with Gasteiger partial charge in [0.05, 0.1) is 0 Å². The van der Waals surface area contributed by atoms with Crippen LogP contribution in [0.5, 0.6) is 0 Å². The molecule has 1 unspecified atom stereocenters. The van der Waals surface area contributed by atoms with E-state index in [2.05, 4.69) is 4.90 Å². The van der Waals surface area contributed by atoms with Gasteiger partial charge in [0.15, 0.2) is 0 Å². The molecule has 0 amide bonds. The third-order valence-corrected chi connectivity index (χ3v) is 3.37. The largest absolute Gasteiger partial charge is 0.396 e. The van der Waals surface area contributed by atoms with Crippen molar-refractivity contribution in [1.29, 1.82) is 0 Å². The number of hydrogen-bond acceptors (Lipinski definition) is 3. The Hall–Kier alpha value is -1.13. The molecule has 2 rings (SSSR count). The van der Waals surface area contributed by atoms with Gasteiger partial charge in [0, 0.05) is 42.9 Å². The Morgan fingerprint density at radius 3 is 2.94 bits per heavy atom. The van der Waals surface area contributed by atoms with Crippen molar-refractivity contribution in [2.24, 2.45) is 11.7 Å². The first-order chi connectivity index (χ1) is 8.13. The van der Waals surface area contributed by atoms with Crippen LogP contribution < -0.4 is 10.6 Å². The van der Waals surface area contributed by atoms with Crippen molar-refractivity contribution in [2.75, 3.05) is 24.6 Å². The Balaban J connectivity index is 2.29. The van der Waals surface area contributed by atoms with Crippen molar-refractivity contribution in [3.8, 4) is 0 Å². The number of nitrogens with zero attached hydrogens (tertiary/aromatic N) is 1. The topological polar surface area (TPSA) is 49.5 Å². The quantitative estimate of drug-likeness (QED) is 0.842. The van der Waals surface area contributed by atoms with Gasteiger partial charge in [-0.2, -0.15) is 0 Å². The molecule has 0 saturated carbocycles. The van der Waals surface area contributed by atoms with Crippen LogP contribution in [0.4, 0.5) is 10.1 Å². The Labute approximate surface area is 101 Å². The van der Waals surface area contributed by atoms with E-state index in [-0.39, 0.29) is 18.5 Å². The summed E-state index contributed by atoms with van der Waals surface area (Å²) in [6, 6.07) is 4.74. The Bertz CT molecular complexity index is 395. The van der Waals surface area contributed by atoms with Gasteiger partial charge in [-0.3, -0.25) is 0 Å². The van der Waals surface area contributed by atoms with E-state index in [1.807, 2.05) is 6.07 Å². The van der Waals surface area contributed by atoms with Crippen molar-refractivity contribution >= 4 is 5.69 Å². The lowest BCUT2D eigenvalue weighted by Gasteiger charge is -2.24. The molecule has 3 nitrogen and oxygen atoms in total. The number of rotatable bonds is 3. The standard InChI is InChI=1S/C13H19FN2O/c1-9(15)13-11(14)3-2-4-12(13)16-6-5-10(7-16)8-17/h2-4,9-10,17H,5-8,15H2,1H3/t9-,10?/m0/s1. The van der Waals surface area contributed by atoms with Gasteiger partial charge >= 0.3 is 0 Å². The fraction of sp³-hybridized carbons (Fsp3) is 0.538. The summed E-state index contributed by atoms with van der Waals surface area (Å²) in [5.74, 6) is 0.0455. The van der Waals surface area contributed by atoms with E-state index in [1.165, 1.54) is 6.07 Å². The molecule has 94 valence electrons. The van der Waals surface area contributed by atoms with Crippen molar-refractivity contribution in [3.05, 3.63) is 29.6 Å². The summed E-state index contributed by atoms with van der Waals surface area (Å²) in [7, 11) is 0. The van der Waals surface area contributed by atoms with E-state index < -0.39 is 0 Å². The molecule has 3 N–H and O–H groups in total. The zero-order valence-electron chi connectivity index (χ0n) is 10.1. The summed E-state index contributed by atoms with van der Waals surface area (Å²) in [5, 5.41) is 9.14. The highest BCUT2D eigenvalue weighted by Crippen LogP contribution is 2.31. The van der Waals surface area contributed by atoms with Gasteiger partial charge in [-0.25, -0.2) is 4.39 Å². The third-order valence-electron chi connectivity index (χ3n) is 3.37. The minimum absolute atomic E-state index is 0.194. The van der Waals surface area contributed by atoms with Crippen molar-refractivity contribution < 1.29 is 9.50 Å². The molecule has 0 aromatic heterocycles. The van der Waals surface area contributed by atoms with Crippen LogP contribution in [0.25, 0.3) is 0 Å². The number of aliphatic hydroxyl groups excluding tert-OH is 1. The second-order valence-electron chi connectivity index (χ2n) is 4.74. The lowest BCUT2D eigenvalue weighted by atomic mass is 10.1. The van der Waals surface area contributed by atoms with Crippen LogP contribution >= 0.6 is 0 Å². The van der Waals surface area contributed by atoms with Crippen molar-refractivity contribution in [1.82, 2.24) is 0 Å². The van der Waals surface area contributed by atoms with Crippen LogP contribution in [-0.2, 0) is 0 Å². The fourth-order valence-corrected chi connectivity index (χ4v) is 2.45. The van der Waals surface area contributed by atoms with Gasteiger partial charge in [-0.1, -0.05) is 6.07 Å². The molecule has 1 saturated heterocycles. The molecular weight excluding hydrogens is 219 g/mol. The van der Waals surface area contributed by atoms with E-state index >= 15 is 0 Å². The molecule has 1 heterocycles. The molecule has 1 aromatic carbocycles. The van der Waals surface area contributed by atoms with Crippen LogP contribution in [0, 0.1) is 11.7 Å². The smallest absolute Gasteiger partial charge is 0.130 e. The van der Waals surface area contributed by atoms with Crippen LogP contribution in [-0.4, -0.2) is 24.8 Å². The maximum absolute atomic E-state index is 13.8. The van der Waals surface area contributed by atoms with Gasteiger partial charge in [0.25, 0.3) is 0 Å². The monoisotopic (exact) mass is 238 g/mol. The van der Waals surface area contributed by atoms with Crippen molar-refractivity contribution in [3.63, 3.8) is 0 Å². The van der Waals surface area contributed by atoms with Gasteiger partial charge in [-0.05, 0) is 25.5 Å². The Morgan fingerprint density at radius 1 is 1.59 bits per heavy atom. The first-order valence-corrected chi connectivity index (χ1v) is 6.03. The number of anilines is 1. The summed E-state index contributed by atoms with van der Waals surface area (Å²) in [6.07, 6.45) is 0.950. The van der Waals surface area contributed by atoms with Gasteiger partial charge in [0.1, 0.15) is 5.82 Å². The highest BCUT2D eigenvalue weighted by Gasteiger charge is 2.25. The first kappa shape index (κ1) is 12.3.